The van der Waals surface area contributed by atoms with Gasteiger partial charge in [0.05, 0.1) is 0 Å². The van der Waals surface area contributed by atoms with Crippen molar-refractivity contribution in [2.24, 2.45) is 0 Å². The first-order valence-corrected chi connectivity index (χ1v) is 7.49. The Morgan fingerprint density at radius 3 is 2.09 bits per heavy atom. The van der Waals surface area contributed by atoms with Crippen LogP contribution in [-0.4, -0.2) is 14.2 Å². The Morgan fingerprint density at radius 2 is 1.55 bits per heavy atom. The van der Waals surface area contributed by atoms with Crippen molar-refractivity contribution in [3.8, 4) is 11.5 Å². The summed E-state index contributed by atoms with van der Waals surface area (Å²) in [6.07, 6.45) is -0.393. The van der Waals surface area contributed by atoms with Gasteiger partial charge in [-0.15, -0.1) is 0 Å². The van der Waals surface area contributed by atoms with Crippen LogP contribution in [0.4, 0.5) is 0 Å². The van der Waals surface area contributed by atoms with E-state index in [1.54, 1.807) is 14.2 Å². The van der Waals surface area contributed by atoms with Crippen LogP contribution < -0.4 is 4.74 Å². The second-order valence-electron chi connectivity index (χ2n) is 5.64. The van der Waals surface area contributed by atoms with Crippen molar-refractivity contribution >= 4 is 0 Å². The first-order valence-electron chi connectivity index (χ1n) is 7.49. The van der Waals surface area contributed by atoms with Crippen molar-refractivity contribution in [1.29, 1.82) is 0 Å². The van der Waals surface area contributed by atoms with Gasteiger partial charge in [0.2, 0.25) is 0 Å². The van der Waals surface area contributed by atoms with Crippen LogP contribution in [0.1, 0.15) is 42.7 Å². The van der Waals surface area contributed by atoms with Crippen molar-refractivity contribution in [2.75, 3.05) is 14.2 Å². The Labute approximate surface area is 132 Å². The molecule has 2 aromatic carbocycles. The largest absolute Gasteiger partial charge is 0.457 e. The summed E-state index contributed by atoms with van der Waals surface area (Å²) in [6.45, 7) is 6.34. The summed E-state index contributed by atoms with van der Waals surface area (Å²) in [5.74, 6) is 1.98. The number of ether oxygens (including phenoxy) is 3. The van der Waals surface area contributed by atoms with E-state index < -0.39 is 6.29 Å². The smallest absolute Gasteiger partial charge is 0.183 e. The van der Waals surface area contributed by atoms with Crippen LogP contribution in [0.15, 0.2) is 42.5 Å². The second-order valence-corrected chi connectivity index (χ2v) is 5.64. The third kappa shape index (κ3) is 3.67. The fourth-order valence-electron chi connectivity index (χ4n) is 2.65. The molecule has 22 heavy (non-hydrogen) atoms. The minimum Gasteiger partial charge on any atom is -0.457 e. The Kier molecular flexibility index (Phi) is 5.58. The maximum Gasteiger partial charge on any atom is 0.183 e. The van der Waals surface area contributed by atoms with Gasteiger partial charge >= 0.3 is 0 Å². The highest BCUT2D eigenvalue weighted by atomic mass is 16.7. The average Bonchev–Trinajstić information content (AvgIpc) is 2.48. The van der Waals surface area contributed by atoms with Crippen LogP contribution in [0.5, 0.6) is 11.5 Å². The molecule has 0 aliphatic rings. The topological polar surface area (TPSA) is 27.7 Å². The number of rotatable bonds is 6. The van der Waals surface area contributed by atoms with Crippen LogP contribution in [0.25, 0.3) is 0 Å². The van der Waals surface area contributed by atoms with Crippen LogP contribution >= 0.6 is 0 Å². The number of hydrogen-bond acceptors (Lipinski definition) is 3. The summed E-state index contributed by atoms with van der Waals surface area (Å²) in [5.41, 5.74) is 3.25. The Balaban J connectivity index is 2.52. The number of methoxy groups -OCH3 is 2. The van der Waals surface area contributed by atoms with Crippen molar-refractivity contribution in [1.82, 2.24) is 0 Å². The van der Waals surface area contributed by atoms with Crippen LogP contribution in [0.3, 0.4) is 0 Å². The Bertz CT molecular complexity index is 602. The molecule has 2 aromatic rings. The molecule has 0 saturated carbocycles. The van der Waals surface area contributed by atoms with E-state index in [0.717, 1.165) is 28.2 Å². The molecule has 0 aliphatic heterocycles. The highest BCUT2D eigenvalue weighted by Gasteiger charge is 2.21. The summed E-state index contributed by atoms with van der Waals surface area (Å²) < 4.78 is 17.0. The SMILES string of the molecule is COC(OC)c1cc(C)cc(Oc2ccccc2)c1C(C)C. The molecule has 0 N–H and O–H groups in total. The summed E-state index contributed by atoms with van der Waals surface area (Å²) >= 11 is 0. The summed E-state index contributed by atoms with van der Waals surface area (Å²) in [7, 11) is 3.30. The average molecular weight is 300 g/mol. The third-order valence-corrected chi connectivity index (χ3v) is 3.55. The van der Waals surface area contributed by atoms with Crippen molar-refractivity contribution in [3.63, 3.8) is 0 Å². The van der Waals surface area contributed by atoms with Gasteiger partial charge < -0.3 is 14.2 Å². The van der Waals surface area contributed by atoms with E-state index >= 15 is 0 Å². The molecule has 0 aromatic heterocycles. The fourth-order valence-corrected chi connectivity index (χ4v) is 2.65. The van der Waals surface area contributed by atoms with Crippen LogP contribution in [-0.2, 0) is 9.47 Å². The number of aryl methyl sites for hydroxylation is 1. The Hall–Kier alpha value is -1.84. The molecule has 0 radical (unpaired) electrons. The highest BCUT2D eigenvalue weighted by Crippen LogP contribution is 2.38. The van der Waals surface area contributed by atoms with Crippen molar-refractivity contribution in [2.45, 2.75) is 33.0 Å². The van der Waals surface area contributed by atoms with Crippen LogP contribution in [0, 0.1) is 6.92 Å². The van der Waals surface area contributed by atoms with E-state index in [4.69, 9.17) is 14.2 Å². The van der Waals surface area contributed by atoms with E-state index in [1.165, 1.54) is 0 Å². The molecule has 0 fully saturated rings. The maximum absolute atomic E-state index is 6.12. The summed E-state index contributed by atoms with van der Waals surface area (Å²) in [4.78, 5) is 0. The predicted octanol–water partition coefficient (Wildman–Crippen LogP) is 5.20. The molecule has 2 rings (SSSR count). The van der Waals surface area contributed by atoms with Crippen molar-refractivity contribution in [3.05, 3.63) is 59.2 Å². The molecule has 0 aliphatic carbocycles. The van der Waals surface area contributed by atoms with Gasteiger partial charge in [-0.2, -0.15) is 0 Å². The first kappa shape index (κ1) is 16.5. The molecular formula is C19H24O3. The monoisotopic (exact) mass is 300 g/mol. The summed E-state index contributed by atoms with van der Waals surface area (Å²) in [5, 5.41) is 0. The molecule has 0 bridgehead atoms. The molecule has 118 valence electrons. The lowest BCUT2D eigenvalue weighted by atomic mass is 9.93. The first-order chi connectivity index (χ1) is 10.6. The normalized spacial score (nSPS) is 11.2. The fraction of sp³-hybridized carbons (Fsp3) is 0.368. The van der Waals surface area contributed by atoms with Gasteiger partial charge in [-0.05, 0) is 36.6 Å². The number of hydrogen-bond donors (Lipinski definition) is 0. The zero-order valence-corrected chi connectivity index (χ0v) is 13.9. The lowest BCUT2D eigenvalue weighted by molar-refractivity contribution is -0.106. The van der Waals surface area contributed by atoms with E-state index in [0.29, 0.717) is 5.92 Å². The van der Waals surface area contributed by atoms with Gasteiger partial charge in [-0.3, -0.25) is 0 Å². The molecular weight excluding hydrogens is 276 g/mol. The molecule has 3 nitrogen and oxygen atoms in total. The number of para-hydroxylation sites is 1. The van der Waals surface area contributed by atoms with E-state index in [9.17, 15) is 0 Å². The highest BCUT2D eigenvalue weighted by molar-refractivity contribution is 5.48. The van der Waals surface area contributed by atoms with Gasteiger partial charge in [0, 0.05) is 25.3 Å². The molecule has 0 saturated heterocycles. The predicted molar refractivity (Wildman–Crippen MR) is 88.5 cm³/mol. The standard InChI is InChI=1S/C19H24O3/c1-13(2)18-16(19(20-4)21-5)11-14(3)12-17(18)22-15-9-7-6-8-10-15/h6-13,19H,1-5H3. The lowest BCUT2D eigenvalue weighted by Gasteiger charge is -2.23. The number of benzene rings is 2. The molecule has 0 amide bonds. The summed E-state index contributed by atoms with van der Waals surface area (Å²) in [6, 6.07) is 14.0. The van der Waals surface area contributed by atoms with E-state index in [1.807, 2.05) is 37.3 Å². The van der Waals surface area contributed by atoms with Crippen molar-refractivity contribution < 1.29 is 14.2 Å². The second kappa shape index (κ2) is 7.43. The molecule has 0 spiro atoms. The zero-order valence-electron chi connectivity index (χ0n) is 13.9. The molecule has 0 atom stereocenters. The molecule has 0 heterocycles. The maximum atomic E-state index is 6.12. The zero-order chi connectivity index (χ0) is 16.1. The third-order valence-electron chi connectivity index (χ3n) is 3.55. The minimum absolute atomic E-state index is 0.294. The van der Waals surface area contributed by atoms with Gasteiger partial charge in [-0.1, -0.05) is 38.1 Å². The Morgan fingerprint density at radius 1 is 0.909 bits per heavy atom. The van der Waals surface area contributed by atoms with Gasteiger partial charge in [0.1, 0.15) is 11.5 Å². The van der Waals surface area contributed by atoms with E-state index in [2.05, 4.69) is 26.0 Å². The van der Waals surface area contributed by atoms with E-state index in [-0.39, 0.29) is 0 Å². The van der Waals surface area contributed by atoms with Gasteiger partial charge in [-0.25, -0.2) is 0 Å². The van der Waals surface area contributed by atoms with Gasteiger partial charge in [0.25, 0.3) is 0 Å². The minimum atomic E-state index is -0.393. The lowest BCUT2D eigenvalue weighted by Crippen LogP contribution is -2.10. The molecule has 0 unspecified atom stereocenters. The quantitative estimate of drug-likeness (QED) is 0.686. The van der Waals surface area contributed by atoms with Crippen LogP contribution in [0.2, 0.25) is 0 Å². The van der Waals surface area contributed by atoms with Gasteiger partial charge in [0.15, 0.2) is 6.29 Å². The molecule has 3 heteroatoms.